The molecule has 1 atom stereocenters. The van der Waals surface area contributed by atoms with Gasteiger partial charge in [0, 0.05) is 30.3 Å². The van der Waals surface area contributed by atoms with Gasteiger partial charge >= 0.3 is 0 Å². The first-order valence-corrected chi connectivity index (χ1v) is 6.42. The van der Waals surface area contributed by atoms with Crippen LogP contribution in [0.15, 0.2) is 24.4 Å². The number of fused-ring (bicyclic) bond motifs is 1. The van der Waals surface area contributed by atoms with E-state index in [9.17, 15) is 5.11 Å². The number of anilines is 1. The van der Waals surface area contributed by atoms with Gasteiger partial charge in [0.25, 0.3) is 0 Å². The highest BCUT2D eigenvalue weighted by molar-refractivity contribution is 6.31. The zero-order valence-electron chi connectivity index (χ0n) is 10.9. The van der Waals surface area contributed by atoms with Crippen molar-refractivity contribution < 1.29 is 9.84 Å². The quantitative estimate of drug-likeness (QED) is 0.883. The van der Waals surface area contributed by atoms with Crippen LogP contribution in [0.4, 0.5) is 5.69 Å². The summed E-state index contributed by atoms with van der Waals surface area (Å²) in [5.74, 6) is 0. The number of hydrogen-bond donors (Lipinski definition) is 2. The van der Waals surface area contributed by atoms with E-state index in [0.29, 0.717) is 16.3 Å². The van der Waals surface area contributed by atoms with Crippen LogP contribution in [0.25, 0.3) is 10.9 Å². The molecule has 2 N–H and O–H groups in total. The summed E-state index contributed by atoms with van der Waals surface area (Å²) in [7, 11) is 1.52. The number of pyridine rings is 1. The zero-order chi connectivity index (χ0) is 14.5. The number of benzene rings is 1. The lowest BCUT2D eigenvalue weighted by molar-refractivity contribution is 0.0728. The van der Waals surface area contributed by atoms with Crippen LogP contribution in [-0.4, -0.2) is 36.5 Å². The van der Waals surface area contributed by atoms with Crippen molar-refractivity contribution in [2.75, 3.05) is 25.6 Å². The molecule has 0 fully saturated rings. The Kier molecular flexibility index (Phi) is 4.74. The minimum atomic E-state index is -0.658. The van der Waals surface area contributed by atoms with Gasteiger partial charge in [-0.05, 0) is 18.2 Å². The Morgan fingerprint density at radius 1 is 1.55 bits per heavy atom. The van der Waals surface area contributed by atoms with Crippen LogP contribution < -0.4 is 5.32 Å². The molecule has 1 aromatic carbocycles. The summed E-state index contributed by atoms with van der Waals surface area (Å²) in [5, 5.41) is 23.2. The first kappa shape index (κ1) is 14.5. The van der Waals surface area contributed by atoms with Gasteiger partial charge in [-0.3, -0.25) is 4.98 Å². The molecule has 0 amide bonds. The van der Waals surface area contributed by atoms with E-state index in [1.807, 2.05) is 0 Å². The fourth-order valence-corrected chi connectivity index (χ4v) is 2.08. The number of nitriles is 1. The SMILES string of the molecule is COC[C@@H](O)CNc1c(C#N)cnc2ccc(Cl)cc12. The highest BCUT2D eigenvalue weighted by Crippen LogP contribution is 2.28. The van der Waals surface area contributed by atoms with Gasteiger partial charge in [0.2, 0.25) is 0 Å². The molecule has 0 radical (unpaired) electrons. The standard InChI is InChI=1S/C14H14ClN3O2/c1-20-8-11(19)7-18-14-9(5-16)6-17-13-3-2-10(15)4-12(13)14/h2-4,6,11,19H,7-8H2,1H3,(H,17,18)/t11-/m0/s1. The normalized spacial score (nSPS) is 12.1. The number of aromatic nitrogens is 1. The molecule has 0 aliphatic heterocycles. The second kappa shape index (κ2) is 6.53. The Morgan fingerprint density at radius 3 is 3.05 bits per heavy atom. The number of halogens is 1. The second-order valence-electron chi connectivity index (χ2n) is 4.31. The Hall–Kier alpha value is -1.87. The van der Waals surface area contributed by atoms with Crippen molar-refractivity contribution in [2.45, 2.75) is 6.10 Å². The summed E-state index contributed by atoms with van der Waals surface area (Å²) in [6, 6.07) is 7.36. The average Bonchev–Trinajstić information content (AvgIpc) is 2.44. The largest absolute Gasteiger partial charge is 0.389 e. The number of ether oxygens (including phenoxy) is 1. The molecule has 0 bridgehead atoms. The van der Waals surface area contributed by atoms with Crippen LogP contribution in [0.3, 0.4) is 0 Å². The smallest absolute Gasteiger partial charge is 0.103 e. The second-order valence-corrected chi connectivity index (χ2v) is 4.75. The van der Waals surface area contributed by atoms with Gasteiger partial charge in [0.05, 0.1) is 29.5 Å². The topological polar surface area (TPSA) is 78.2 Å². The van der Waals surface area contributed by atoms with Gasteiger partial charge in [-0.2, -0.15) is 5.26 Å². The molecule has 0 aliphatic rings. The van der Waals surface area contributed by atoms with Crippen molar-refractivity contribution in [2.24, 2.45) is 0 Å². The van der Waals surface area contributed by atoms with E-state index < -0.39 is 6.10 Å². The number of hydrogen-bond acceptors (Lipinski definition) is 5. The van der Waals surface area contributed by atoms with Gasteiger partial charge in [-0.15, -0.1) is 0 Å². The molecule has 0 saturated heterocycles. The first-order chi connectivity index (χ1) is 9.65. The van der Waals surface area contributed by atoms with Crippen molar-refractivity contribution >= 4 is 28.2 Å². The van der Waals surface area contributed by atoms with Gasteiger partial charge in [0.15, 0.2) is 0 Å². The van der Waals surface area contributed by atoms with Crippen molar-refractivity contribution in [3.8, 4) is 6.07 Å². The van der Waals surface area contributed by atoms with Crippen LogP contribution >= 0.6 is 11.6 Å². The summed E-state index contributed by atoms with van der Waals surface area (Å²) >= 11 is 5.99. The molecule has 0 saturated carbocycles. The van der Waals surface area contributed by atoms with E-state index in [1.165, 1.54) is 13.3 Å². The van der Waals surface area contributed by atoms with Crippen molar-refractivity contribution in [1.82, 2.24) is 4.98 Å². The summed E-state index contributed by atoms with van der Waals surface area (Å²) < 4.78 is 4.87. The monoisotopic (exact) mass is 291 g/mol. The molecule has 2 rings (SSSR count). The van der Waals surface area contributed by atoms with Crippen molar-refractivity contribution in [1.29, 1.82) is 5.26 Å². The minimum Gasteiger partial charge on any atom is -0.389 e. The van der Waals surface area contributed by atoms with E-state index in [4.69, 9.17) is 21.6 Å². The predicted octanol–water partition coefficient (Wildman–Crippen LogP) is 2.18. The number of aliphatic hydroxyl groups excluding tert-OH is 1. The third-order valence-electron chi connectivity index (χ3n) is 2.82. The van der Waals surface area contributed by atoms with Gasteiger partial charge in [-0.1, -0.05) is 11.6 Å². The molecule has 5 nitrogen and oxygen atoms in total. The maximum atomic E-state index is 9.69. The highest BCUT2D eigenvalue weighted by atomic mass is 35.5. The molecule has 1 aromatic heterocycles. The molecule has 0 spiro atoms. The van der Waals surface area contributed by atoms with Crippen molar-refractivity contribution in [3.05, 3.63) is 35.0 Å². The van der Waals surface area contributed by atoms with Crippen LogP contribution in [-0.2, 0) is 4.74 Å². The maximum Gasteiger partial charge on any atom is 0.103 e. The van der Waals surface area contributed by atoms with Crippen LogP contribution in [0, 0.1) is 11.3 Å². The van der Waals surface area contributed by atoms with E-state index >= 15 is 0 Å². The predicted molar refractivity (Wildman–Crippen MR) is 77.8 cm³/mol. The molecule has 2 aromatic rings. The molecule has 0 aliphatic carbocycles. The lowest BCUT2D eigenvalue weighted by Gasteiger charge is -2.14. The molecule has 6 heteroatoms. The Balaban J connectivity index is 2.38. The van der Waals surface area contributed by atoms with Crippen LogP contribution in [0.5, 0.6) is 0 Å². The van der Waals surface area contributed by atoms with E-state index in [2.05, 4.69) is 16.4 Å². The van der Waals surface area contributed by atoms with Gasteiger partial charge < -0.3 is 15.2 Å². The molecule has 104 valence electrons. The molecule has 1 heterocycles. The summed E-state index contributed by atoms with van der Waals surface area (Å²) in [6.07, 6.45) is 0.843. The summed E-state index contributed by atoms with van der Waals surface area (Å²) in [6.45, 7) is 0.493. The summed E-state index contributed by atoms with van der Waals surface area (Å²) in [4.78, 5) is 4.21. The Bertz CT molecular complexity index is 655. The average molecular weight is 292 g/mol. The third kappa shape index (κ3) is 3.17. The molecular weight excluding hydrogens is 278 g/mol. The third-order valence-corrected chi connectivity index (χ3v) is 3.06. The lowest BCUT2D eigenvalue weighted by atomic mass is 10.1. The lowest BCUT2D eigenvalue weighted by Crippen LogP contribution is -2.24. The molecular formula is C14H14ClN3O2. The highest BCUT2D eigenvalue weighted by Gasteiger charge is 2.11. The van der Waals surface area contributed by atoms with Crippen molar-refractivity contribution in [3.63, 3.8) is 0 Å². The Labute approximate surface area is 121 Å². The first-order valence-electron chi connectivity index (χ1n) is 6.05. The van der Waals surface area contributed by atoms with Gasteiger partial charge in [-0.25, -0.2) is 0 Å². The number of aliphatic hydroxyl groups is 1. The number of methoxy groups -OCH3 is 1. The zero-order valence-corrected chi connectivity index (χ0v) is 11.7. The summed E-state index contributed by atoms with van der Waals surface area (Å²) in [5.41, 5.74) is 1.76. The fraction of sp³-hybridized carbons (Fsp3) is 0.286. The number of nitrogens with one attached hydrogen (secondary N) is 1. The minimum absolute atomic E-state index is 0.221. The van der Waals surface area contributed by atoms with E-state index in [-0.39, 0.29) is 13.2 Å². The maximum absolute atomic E-state index is 9.69. The fourth-order valence-electron chi connectivity index (χ4n) is 1.91. The Morgan fingerprint density at radius 2 is 2.35 bits per heavy atom. The van der Waals surface area contributed by atoms with Crippen LogP contribution in [0.1, 0.15) is 5.56 Å². The number of rotatable bonds is 5. The van der Waals surface area contributed by atoms with Gasteiger partial charge in [0.1, 0.15) is 6.07 Å². The molecule has 0 unspecified atom stereocenters. The number of nitrogens with zero attached hydrogens (tertiary/aromatic N) is 2. The van der Waals surface area contributed by atoms with E-state index in [0.717, 1.165) is 10.9 Å². The van der Waals surface area contributed by atoms with E-state index in [1.54, 1.807) is 18.2 Å². The molecule has 20 heavy (non-hydrogen) atoms. The van der Waals surface area contributed by atoms with Crippen LogP contribution in [0.2, 0.25) is 5.02 Å².